The molecule has 0 aliphatic carbocycles. The lowest BCUT2D eigenvalue weighted by Gasteiger charge is -2.03. The number of hydrogen-bond donors (Lipinski definition) is 1. The first kappa shape index (κ1) is 11.0. The molecule has 3 nitrogen and oxygen atoms in total. The second-order valence-electron chi connectivity index (χ2n) is 4.39. The molecular formula is C15H15N3. The van der Waals surface area contributed by atoms with E-state index in [0.29, 0.717) is 6.54 Å². The van der Waals surface area contributed by atoms with E-state index in [0.717, 1.165) is 22.2 Å². The molecule has 0 radical (unpaired) electrons. The van der Waals surface area contributed by atoms with Crippen molar-refractivity contribution >= 4 is 10.9 Å². The molecular weight excluding hydrogens is 222 g/mol. The van der Waals surface area contributed by atoms with Gasteiger partial charge in [-0.1, -0.05) is 36.4 Å². The first-order chi connectivity index (χ1) is 8.79. The summed E-state index contributed by atoms with van der Waals surface area (Å²) in [6.07, 6.45) is 0. The summed E-state index contributed by atoms with van der Waals surface area (Å²) < 4.78 is 1.93. The second kappa shape index (κ2) is 4.27. The molecule has 18 heavy (non-hydrogen) atoms. The van der Waals surface area contributed by atoms with Gasteiger partial charge in [-0.05, 0) is 17.7 Å². The van der Waals surface area contributed by atoms with Gasteiger partial charge in [0.2, 0.25) is 0 Å². The van der Waals surface area contributed by atoms with Crippen molar-refractivity contribution in [3.8, 4) is 11.3 Å². The Morgan fingerprint density at radius 2 is 1.89 bits per heavy atom. The quantitative estimate of drug-likeness (QED) is 0.744. The van der Waals surface area contributed by atoms with E-state index in [4.69, 9.17) is 5.73 Å². The molecule has 2 aromatic carbocycles. The maximum atomic E-state index is 5.71. The largest absolute Gasteiger partial charge is 0.326 e. The van der Waals surface area contributed by atoms with Gasteiger partial charge in [-0.25, -0.2) is 0 Å². The smallest absolute Gasteiger partial charge is 0.0930 e. The van der Waals surface area contributed by atoms with Crippen molar-refractivity contribution in [2.75, 3.05) is 0 Å². The Balaban J connectivity index is 2.30. The van der Waals surface area contributed by atoms with Gasteiger partial charge >= 0.3 is 0 Å². The van der Waals surface area contributed by atoms with Crippen LogP contribution in [0.5, 0.6) is 0 Å². The fourth-order valence-electron chi connectivity index (χ4n) is 2.31. The molecule has 1 aromatic heterocycles. The third-order valence-electron chi connectivity index (χ3n) is 3.18. The molecule has 0 saturated carbocycles. The van der Waals surface area contributed by atoms with Crippen molar-refractivity contribution in [2.24, 2.45) is 12.8 Å². The van der Waals surface area contributed by atoms with Crippen LogP contribution in [0.2, 0.25) is 0 Å². The van der Waals surface area contributed by atoms with Crippen molar-refractivity contribution in [3.05, 3.63) is 54.1 Å². The Hall–Kier alpha value is -2.13. The van der Waals surface area contributed by atoms with Gasteiger partial charge in [0, 0.05) is 24.5 Å². The number of nitrogens with zero attached hydrogens (tertiary/aromatic N) is 2. The zero-order chi connectivity index (χ0) is 12.5. The monoisotopic (exact) mass is 237 g/mol. The standard InChI is InChI=1S/C15H15N3/c1-18-15(12-5-3-2-4-6-12)13-9-11(10-16)7-8-14(13)17-18/h2-9H,10,16H2,1H3. The first-order valence-corrected chi connectivity index (χ1v) is 6.00. The predicted molar refractivity (Wildman–Crippen MR) is 74.0 cm³/mol. The van der Waals surface area contributed by atoms with E-state index in [1.807, 2.05) is 42.1 Å². The topological polar surface area (TPSA) is 43.8 Å². The molecule has 0 aliphatic rings. The Kier molecular flexibility index (Phi) is 2.61. The number of benzene rings is 2. The first-order valence-electron chi connectivity index (χ1n) is 6.00. The second-order valence-corrected chi connectivity index (χ2v) is 4.39. The van der Waals surface area contributed by atoms with Crippen LogP contribution in [0.4, 0.5) is 0 Å². The maximum Gasteiger partial charge on any atom is 0.0930 e. The molecule has 0 bridgehead atoms. The normalized spacial score (nSPS) is 11.0. The van der Waals surface area contributed by atoms with Gasteiger partial charge in [0.25, 0.3) is 0 Å². The predicted octanol–water partition coefficient (Wildman–Crippen LogP) is 2.70. The highest BCUT2D eigenvalue weighted by Gasteiger charge is 2.10. The number of fused-ring (bicyclic) bond motifs is 1. The Labute approximate surface area is 106 Å². The van der Waals surface area contributed by atoms with Gasteiger partial charge in [0.1, 0.15) is 0 Å². The lowest BCUT2D eigenvalue weighted by Crippen LogP contribution is -1.95. The fraction of sp³-hybridized carbons (Fsp3) is 0.133. The minimum absolute atomic E-state index is 0.555. The lowest BCUT2D eigenvalue weighted by atomic mass is 10.1. The molecule has 0 atom stereocenters. The van der Waals surface area contributed by atoms with Crippen LogP contribution >= 0.6 is 0 Å². The van der Waals surface area contributed by atoms with Gasteiger partial charge in [0.05, 0.1) is 11.2 Å². The molecule has 3 heteroatoms. The number of aryl methyl sites for hydroxylation is 1. The zero-order valence-electron chi connectivity index (χ0n) is 10.3. The van der Waals surface area contributed by atoms with Crippen LogP contribution in [0, 0.1) is 0 Å². The molecule has 90 valence electrons. The van der Waals surface area contributed by atoms with Gasteiger partial charge < -0.3 is 5.73 Å². The fourth-order valence-corrected chi connectivity index (χ4v) is 2.31. The number of hydrogen-bond acceptors (Lipinski definition) is 2. The van der Waals surface area contributed by atoms with Gasteiger partial charge in [-0.3, -0.25) is 4.68 Å². The highest BCUT2D eigenvalue weighted by atomic mass is 15.3. The van der Waals surface area contributed by atoms with Gasteiger partial charge in [-0.15, -0.1) is 0 Å². The van der Waals surface area contributed by atoms with E-state index in [9.17, 15) is 0 Å². The number of aromatic nitrogens is 2. The summed E-state index contributed by atoms with van der Waals surface area (Å²) in [6.45, 7) is 0.555. The minimum Gasteiger partial charge on any atom is -0.326 e. The van der Waals surface area contributed by atoms with Crippen molar-refractivity contribution in [1.29, 1.82) is 0 Å². The molecule has 0 fully saturated rings. The van der Waals surface area contributed by atoms with Crippen LogP contribution in [0.1, 0.15) is 5.56 Å². The number of nitrogens with two attached hydrogens (primary N) is 1. The molecule has 3 rings (SSSR count). The van der Waals surface area contributed by atoms with E-state index in [2.05, 4.69) is 23.3 Å². The van der Waals surface area contributed by atoms with Crippen molar-refractivity contribution in [3.63, 3.8) is 0 Å². The highest BCUT2D eigenvalue weighted by Crippen LogP contribution is 2.28. The summed E-state index contributed by atoms with van der Waals surface area (Å²) in [7, 11) is 1.98. The molecule has 0 amide bonds. The molecule has 1 heterocycles. The van der Waals surface area contributed by atoms with Gasteiger partial charge in [0.15, 0.2) is 0 Å². The summed E-state index contributed by atoms with van der Waals surface area (Å²) in [6, 6.07) is 16.5. The van der Waals surface area contributed by atoms with E-state index >= 15 is 0 Å². The summed E-state index contributed by atoms with van der Waals surface area (Å²) in [4.78, 5) is 0. The summed E-state index contributed by atoms with van der Waals surface area (Å²) in [5, 5.41) is 5.70. The molecule has 0 spiro atoms. The van der Waals surface area contributed by atoms with Crippen LogP contribution in [-0.4, -0.2) is 9.78 Å². The van der Waals surface area contributed by atoms with E-state index in [1.165, 1.54) is 5.56 Å². The van der Waals surface area contributed by atoms with Crippen LogP contribution < -0.4 is 5.73 Å². The molecule has 3 aromatic rings. The zero-order valence-corrected chi connectivity index (χ0v) is 10.3. The Bertz CT molecular complexity index is 684. The number of rotatable bonds is 2. The van der Waals surface area contributed by atoms with Crippen molar-refractivity contribution < 1.29 is 0 Å². The Morgan fingerprint density at radius 1 is 1.11 bits per heavy atom. The van der Waals surface area contributed by atoms with Crippen LogP contribution in [0.15, 0.2) is 48.5 Å². The third kappa shape index (κ3) is 1.69. The molecule has 2 N–H and O–H groups in total. The molecule has 0 saturated heterocycles. The average Bonchev–Trinajstić information content (AvgIpc) is 2.74. The maximum absolute atomic E-state index is 5.71. The van der Waals surface area contributed by atoms with Crippen LogP contribution in [-0.2, 0) is 13.6 Å². The molecule has 0 unspecified atom stereocenters. The van der Waals surface area contributed by atoms with E-state index in [1.54, 1.807) is 0 Å². The summed E-state index contributed by atoms with van der Waals surface area (Å²) in [5.41, 5.74) is 10.2. The average molecular weight is 237 g/mol. The van der Waals surface area contributed by atoms with E-state index in [-0.39, 0.29) is 0 Å². The van der Waals surface area contributed by atoms with Crippen LogP contribution in [0.25, 0.3) is 22.2 Å². The van der Waals surface area contributed by atoms with Crippen molar-refractivity contribution in [1.82, 2.24) is 9.78 Å². The van der Waals surface area contributed by atoms with Crippen LogP contribution in [0.3, 0.4) is 0 Å². The summed E-state index contributed by atoms with van der Waals surface area (Å²) >= 11 is 0. The lowest BCUT2D eigenvalue weighted by molar-refractivity contribution is 0.788. The SMILES string of the molecule is Cn1nc2ccc(CN)cc2c1-c1ccccc1. The minimum atomic E-state index is 0.555. The third-order valence-corrected chi connectivity index (χ3v) is 3.18. The summed E-state index contributed by atoms with van der Waals surface area (Å²) in [5.74, 6) is 0. The van der Waals surface area contributed by atoms with Crippen molar-refractivity contribution in [2.45, 2.75) is 6.54 Å². The van der Waals surface area contributed by atoms with E-state index < -0.39 is 0 Å². The highest BCUT2D eigenvalue weighted by molar-refractivity contribution is 5.93. The van der Waals surface area contributed by atoms with Gasteiger partial charge in [-0.2, -0.15) is 5.10 Å². The Morgan fingerprint density at radius 3 is 2.61 bits per heavy atom. The molecule has 0 aliphatic heterocycles.